The van der Waals surface area contributed by atoms with Crippen LogP contribution in [0.15, 0.2) is 48.5 Å². The highest BCUT2D eigenvalue weighted by atomic mass is 16.5. The largest absolute Gasteiger partial charge is 0.491 e. The first-order valence-electron chi connectivity index (χ1n) is 11.3. The third kappa shape index (κ3) is 5.34. The van der Waals surface area contributed by atoms with Crippen molar-refractivity contribution in [2.24, 2.45) is 0 Å². The highest BCUT2D eigenvalue weighted by Gasteiger charge is 2.28. The number of piperidine rings is 1. The van der Waals surface area contributed by atoms with E-state index < -0.39 is 0 Å². The van der Waals surface area contributed by atoms with Gasteiger partial charge >= 0.3 is 0 Å². The molecule has 5 heteroatoms. The third-order valence-corrected chi connectivity index (χ3v) is 6.46. The van der Waals surface area contributed by atoms with Crippen LogP contribution in [0.25, 0.3) is 0 Å². The summed E-state index contributed by atoms with van der Waals surface area (Å²) in [4.78, 5) is 7.87. The highest BCUT2D eigenvalue weighted by molar-refractivity contribution is 5.53. The molecule has 0 amide bonds. The van der Waals surface area contributed by atoms with E-state index in [9.17, 15) is 0 Å². The molecule has 2 aliphatic heterocycles. The quantitative estimate of drug-likeness (QED) is 0.761. The number of ether oxygens (including phenoxy) is 1. The summed E-state index contributed by atoms with van der Waals surface area (Å²) in [6.07, 6.45) is 2.59. The molecule has 2 heterocycles. The molecule has 2 aromatic rings. The van der Waals surface area contributed by atoms with Gasteiger partial charge in [0.2, 0.25) is 0 Å². The number of benzene rings is 2. The number of aryl methyl sites for hydroxylation is 1. The Bertz CT molecular complexity index is 787. The lowest BCUT2D eigenvalue weighted by atomic mass is 10.0. The fourth-order valence-electron chi connectivity index (χ4n) is 4.83. The van der Waals surface area contributed by atoms with Crippen molar-refractivity contribution >= 4 is 5.69 Å². The Labute approximate surface area is 180 Å². The van der Waals surface area contributed by atoms with E-state index in [0.29, 0.717) is 12.6 Å². The summed E-state index contributed by atoms with van der Waals surface area (Å²) >= 11 is 0. The molecule has 0 saturated carbocycles. The molecule has 4 rings (SSSR count). The lowest BCUT2D eigenvalue weighted by Crippen LogP contribution is -2.55. The second-order valence-electron chi connectivity index (χ2n) is 8.56. The van der Waals surface area contributed by atoms with E-state index in [0.717, 1.165) is 45.0 Å². The Morgan fingerprint density at radius 3 is 2.47 bits per heavy atom. The van der Waals surface area contributed by atoms with Crippen LogP contribution in [0.1, 0.15) is 24.0 Å². The van der Waals surface area contributed by atoms with E-state index in [2.05, 4.69) is 58.0 Å². The van der Waals surface area contributed by atoms with Crippen LogP contribution in [0.5, 0.6) is 5.75 Å². The maximum atomic E-state index is 8.88. The summed E-state index contributed by atoms with van der Waals surface area (Å²) in [5.74, 6) is 0.829. The van der Waals surface area contributed by atoms with Gasteiger partial charge in [-0.15, -0.1) is 0 Å². The SMILES string of the molecule is Cc1ccccc1N1CCN(C2CCCN(Cc3ccc(OCCO)cc3)C2)CC1. The van der Waals surface area contributed by atoms with Crippen molar-refractivity contribution in [3.8, 4) is 5.75 Å². The zero-order valence-corrected chi connectivity index (χ0v) is 18.2. The van der Waals surface area contributed by atoms with Gasteiger partial charge in [-0.2, -0.15) is 0 Å². The normalized spacial score (nSPS) is 21.0. The number of likely N-dealkylation sites (tertiary alicyclic amines) is 1. The van der Waals surface area contributed by atoms with Crippen LogP contribution >= 0.6 is 0 Å². The molecule has 0 radical (unpaired) electrons. The second kappa shape index (κ2) is 10.3. The monoisotopic (exact) mass is 409 g/mol. The average molecular weight is 410 g/mol. The zero-order chi connectivity index (χ0) is 20.8. The van der Waals surface area contributed by atoms with Crippen molar-refractivity contribution in [2.45, 2.75) is 32.4 Å². The molecule has 0 aromatic heterocycles. The molecule has 1 atom stereocenters. The van der Waals surface area contributed by atoms with Crippen molar-refractivity contribution in [3.05, 3.63) is 59.7 Å². The van der Waals surface area contributed by atoms with Gasteiger partial charge in [-0.05, 0) is 55.6 Å². The smallest absolute Gasteiger partial charge is 0.119 e. The predicted molar refractivity (Wildman–Crippen MR) is 122 cm³/mol. The number of aliphatic hydroxyl groups is 1. The Balaban J connectivity index is 1.28. The summed E-state index contributed by atoms with van der Waals surface area (Å²) in [5, 5.41) is 8.88. The van der Waals surface area contributed by atoms with E-state index in [-0.39, 0.29) is 6.61 Å². The number of rotatable bonds is 7. The predicted octanol–water partition coefficient (Wildman–Crippen LogP) is 3.15. The van der Waals surface area contributed by atoms with Gasteiger partial charge in [0.1, 0.15) is 12.4 Å². The molecular weight excluding hydrogens is 374 g/mol. The molecule has 5 nitrogen and oxygen atoms in total. The molecule has 2 saturated heterocycles. The molecule has 0 spiro atoms. The van der Waals surface area contributed by atoms with E-state index in [1.165, 1.54) is 36.2 Å². The van der Waals surface area contributed by atoms with Gasteiger partial charge in [0.15, 0.2) is 0 Å². The van der Waals surface area contributed by atoms with Gasteiger partial charge in [0.25, 0.3) is 0 Å². The number of para-hydroxylation sites is 1. The second-order valence-corrected chi connectivity index (χ2v) is 8.56. The van der Waals surface area contributed by atoms with Crippen LogP contribution in [0.2, 0.25) is 0 Å². The summed E-state index contributed by atoms with van der Waals surface area (Å²) in [5.41, 5.74) is 4.10. The minimum Gasteiger partial charge on any atom is -0.491 e. The first-order chi connectivity index (χ1) is 14.7. The fraction of sp³-hybridized carbons (Fsp3) is 0.520. The van der Waals surface area contributed by atoms with Crippen molar-refractivity contribution in [2.75, 3.05) is 57.4 Å². The zero-order valence-electron chi connectivity index (χ0n) is 18.2. The number of anilines is 1. The number of nitrogens with zero attached hydrogens (tertiary/aromatic N) is 3. The Hall–Kier alpha value is -2.08. The van der Waals surface area contributed by atoms with Crippen molar-refractivity contribution in [1.82, 2.24) is 9.80 Å². The van der Waals surface area contributed by atoms with Gasteiger partial charge < -0.3 is 14.7 Å². The van der Waals surface area contributed by atoms with E-state index >= 15 is 0 Å². The van der Waals surface area contributed by atoms with Gasteiger partial charge in [-0.3, -0.25) is 9.80 Å². The summed E-state index contributed by atoms with van der Waals surface area (Å²) in [6.45, 7) is 10.5. The summed E-state index contributed by atoms with van der Waals surface area (Å²) in [6, 6.07) is 17.7. The summed E-state index contributed by atoms with van der Waals surface area (Å²) < 4.78 is 5.47. The van der Waals surface area contributed by atoms with Crippen LogP contribution in [-0.2, 0) is 6.54 Å². The minimum absolute atomic E-state index is 0.0517. The average Bonchev–Trinajstić information content (AvgIpc) is 2.79. The molecule has 0 aliphatic carbocycles. The van der Waals surface area contributed by atoms with Crippen LogP contribution in [-0.4, -0.2) is 73.4 Å². The third-order valence-electron chi connectivity index (χ3n) is 6.46. The molecule has 162 valence electrons. The first kappa shape index (κ1) is 21.2. The van der Waals surface area contributed by atoms with Crippen molar-refractivity contribution in [3.63, 3.8) is 0 Å². The number of hydrogen-bond donors (Lipinski definition) is 1. The lowest BCUT2D eigenvalue weighted by molar-refractivity contribution is 0.0887. The summed E-state index contributed by atoms with van der Waals surface area (Å²) in [7, 11) is 0. The van der Waals surface area contributed by atoms with Crippen LogP contribution in [0.3, 0.4) is 0 Å². The van der Waals surface area contributed by atoms with Crippen molar-refractivity contribution < 1.29 is 9.84 Å². The van der Waals surface area contributed by atoms with Gasteiger partial charge in [-0.1, -0.05) is 30.3 Å². The minimum atomic E-state index is 0.0517. The molecule has 2 aromatic carbocycles. The topological polar surface area (TPSA) is 39.2 Å². The molecule has 0 bridgehead atoms. The van der Waals surface area contributed by atoms with E-state index in [1.807, 2.05) is 12.1 Å². The Kier molecular flexibility index (Phi) is 7.26. The maximum Gasteiger partial charge on any atom is 0.119 e. The first-order valence-corrected chi connectivity index (χ1v) is 11.3. The molecule has 2 fully saturated rings. The molecule has 1 unspecified atom stereocenters. The fourth-order valence-corrected chi connectivity index (χ4v) is 4.83. The molecule has 30 heavy (non-hydrogen) atoms. The van der Waals surface area contributed by atoms with Crippen LogP contribution < -0.4 is 9.64 Å². The lowest BCUT2D eigenvalue weighted by Gasteiger charge is -2.44. The Morgan fingerprint density at radius 1 is 0.967 bits per heavy atom. The maximum absolute atomic E-state index is 8.88. The van der Waals surface area contributed by atoms with Crippen LogP contribution in [0, 0.1) is 6.92 Å². The number of hydrogen-bond acceptors (Lipinski definition) is 5. The van der Waals surface area contributed by atoms with Gasteiger partial charge in [0, 0.05) is 51.0 Å². The van der Waals surface area contributed by atoms with Crippen molar-refractivity contribution in [1.29, 1.82) is 0 Å². The van der Waals surface area contributed by atoms with Gasteiger partial charge in [-0.25, -0.2) is 0 Å². The van der Waals surface area contributed by atoms with E-state index in [4.69, 9.17) is 9.84 Å². The number of piperazine rings is 1. The molecular formula is C25H35N3O2. The van der Waals surface area contributed by atoms with E-state index in [1.54, 1.807) is 0 Å². The molecule has 1 N–H and O–H groups in total. The number of aliphatic hydroxyl groups excluding tert-OH is 1. The van der Waals surface area contributed by atoms with Crippen LogP contribution in [0.4, 0.5) is 5.69 Å². The van der Waals surface area contributed by atoms with Gasteiger partial charge in [0.05, 0.1) is 6.61 Å². The Morgan fingerprint density at radius 2 is 1.73 bits per heavy atom. The molecule has 2 aliphatic rings. The highest BCUT2D eigenvalue weighted by Crippen LogP contribution is 2.24. The standard InChI is InChI=1S/C25H35N3O2/c1-21-5-2-3-7-25(21)28-15-13-27(14-16-28)23-6-4-12-26(20-23)19-22-8-10-24(11-9-22)30-18-17-29/h2-3,5,7-11,23,29H,4,6,12-20H2,1H3.